The summed E-state index contributed by atoms with van der Waals surface area (Å²) in [6.45, 7) is 1.88. The van der Waals surface area contributed by atoms with Crippen LogP contribution in [0.4, 0.5) is 19.0 Å². The molecule has 0 saturated heterocycles. The maximum absolute atomic E-state index is 13.5. The molecule has 1 fully saturated rings. The maximum Gasteiger partial charge on any atom is 0.434 e. The van der Waals surface area contributed by atoms with Crippen LogP contribution in [0.2, 0.25) is 0 Å². The van der Waals surface area contributed by atoms with Gasteiger partial charge in [0.15, 0.2) is 5.69 Å². The van der Waals surface area contributed by atoms with Gasteiger partial charge in [0, 0.05) is 41.3 Å². The Hall–Kier alpha value is -2.96. The van der Waals surface area contributed by atoms with Crippen LogP contribution in [0.3, 0.4) is 0 Å². The van der Waals surface area contributed by atoms with Gasteiger partial charge in [0.25, 0.3) is 0 Å². The van der Waals surface area contributed by atoms with Gasteiger partial charge >= 0.3 is 16.5 Å². The summed E-state index contributed by atoms with van der Waals surface area (Å²) in [5, 5.41) is 18.3. The molecule has 0 unspecified atom stereocenters. The Kier molecular flexibility index (Phi) is 7.71. The van der Waals surface area contributed by atoms with Crippen molar-refractivity contribution < 1.29 is 40.4 Å². The second kappa shape index (κ2) is 10.8. The van der Waals surface area contributed by atoms with E-state index in [0.29, 0.717) is 21.7 Å². The number of aromatic nitrogens is 4. The topological polar surface area (TPSA) is 172 Å². The van der Waals surface area contributed by atoms with Crippen LogP contribution in [0.15, 0.2) is 24.8 Å². The van der Waals surface area contributed by atoms with Crippen molar-refractivity contribution in [1.82, 2.24) is 19.5 Å². The molecule has 1 saturated carbocycles. The smallest absolute Gasteiger partial charge is 0.393 e. The molecule has 4 N–H and O–H groups in total. The van der Waals surface area contributed by atoms with E-state index in [1.165, 1.54) is 17.1 Å². The molecule has 0 spiro atoms. The summed E-state index contributed by atoms with van der Waals surface area (Å²) in [5.41, 5.74) is -0.314. The van der Waals surface area contributed by atoms with E-state index in [9.17, 15) is 31.5 Å². The number of aliphatic hydroxyl groups excluding tert-OH is 1. The van der Waals surface area contributed by atoms with Crippen LogP contribution in [0.25, 0.3) is 0 Å². The first kappa shape index (κ1) is 28.6. The zero-order valence-electron chi connectivity index (χ0n) is 21.0. The minimum atomic E-state index is -4.60. The summed E-state index contributed by atoms with van der Waals surface area (Å²) in [6.07, 6.45) is -2.17. The van der Waals surface area contributed by atoms with Crippen molar-refractivity contribution >= 4 is 33.2 Å². The summed E-state index contributed by atoms with van der Waals surface area (Å²) >= 11 is 1.16. The highest BCUT2D eigenvalue weighted by Crippen LogP contribution is 2.38. The zero-order chi connectivity index (χ0) is 28.8. The van der Waals surface area contributed by atoms with Gasteiger partial charge in [0.2, 0.25) is 5.78 Å². The summed E-state index contributed by atoms with van der Waals surface area (Å²) in [6, 6.07) is 1.24. The molecule has 1 aliphatic carbocycles. The van der Waals surface area contributed by atoms with E-state index in [2.05, 4.69) is 24.5 Å². The van der Waals surface area contributed by atoms with Gasteiger partial charge in [-0.3, -0.25) is 8.98 Å². The average Bonchev–Trinajstić information content (AvgIpc) is 3.58. The lowest BCUT2D eigenvalue weighted by molar-refractivity contribution is -0.141. The Bertz CT molecular complexity index is 1530. The van der Waals surface area contributed by atoms with Crippen LogP contribution in [0, 0.1) is 12.8 Å². The zero-order valence-corrected chi connectivity index (χ0v) is 22.6. The number of hydrogen-bond acceptors (Lipinski definition) is 11. The van der Waals surface area contributed by atoms with Gasteiger partial charge in [-0.2, -0.15) is 21.6 Å². The number of alkyl halides is 3. The number of anilines is 1. The molecular formula is C23H25F3N6O6S2. The maximum atomic E-state index is 13.5. The fraction of sp³-hybridized carbons (Fsp3) is 0.478. The lowest BCUT2D eigenvalue weighted by Gasteiger charge is -2.24. The highest BCUT2D eigenvalue weighted by Gasteiger charge is 2.38. The van der Waals surface area contributed by atoms with E-state index in [0.717, 1.165) is 17.5 Å². The van der Waals surface area contributed by atoms with Crippen LogP contribution in [-0.4, -0.2) is 64.2 Å². The lowest BCUT2D eigenvalue weighted by atomic mass is 10.1. The predicted octanol–water partition coefficient (Wildman–Crippen LogP) is 2.18. The number of thiophene rings is 1. The number of carbonyl (C=O) groups is 1. The van der Waals surface area contributed by atoms with Crippen LogP contribution in [0.1, 0.15) is 56.1 Å². The number of fused-ring (bicyclic) bond motifs is 1. The van der Waals surface area contributed by atoms with E-state index >= 15 is 0 Å². The molecular weight excluding hydrogens is 577 g/mol. The molecule has 5 rings (SSSR count). The van der Waals surface area contributed by atoms with E-state index in [-0.39, 0.29) is 49.4 Å². The van der Waals surface area contributed by atoms with Crippen LogP contribution in [0.5, 0.6) is 0 Å². The number of rotatable bonds is 8. The molecule has 17 heteroatoms. The molecule has 3 aromatic rings. The largest absolute Gasteiger partial charge is 0.434 e. The minimum absolute atomic E-state index is 0.115. The molecule has 2 aliphatic rings. The third kappa shape index (κ3) is 6.03. The summed E-state index contributed by atoms with van der Waals surface area (Å²) in [4.78, 5) is 26.5. The van der Waals surface area contributed by atoms with Crippen molar-refractivity contribution in [2.45, 2.75) is 50.7 Å². The summed E-state index contributed by atoms with van der Waals surface area (Å²) < 4.78 is 73.8. The van der Waals surface area contributed by atoms with Crippen LogP contribution in [-0.2, 0) is 31.9 Å². The fourth-order valence-corrected chi connectivity index (χ4v) is 6.28. The number of aliphatic hydroxyl groups is 1. The van der Waals surface area contributed by atoms with E-state index < -0.39 is 46.1 Å². The number of ketones is 1. The van der Waals surface area contributed by atoms with Crippen LogP contribution < -0.4 is 10.5 Å². The van der Waals surface area contributed by atoms with Gasteiger partial charge in [-0.15, -0.1) is 11.3 Å². The van der Waals surface area contributed by atoms with Crippen molar-refractivity contribution in [2.24, 2.45) is 11.1 Å². The molecule has 3 aromatic heterocycles. The Balaban J connectivity index is 1.35. The molecule has 40 heavy (non-hydrogen) atoms. The van der Waals surface area contributed by atoms with Gasteiger partial charge < -0.3 is 19.7 Å². The van der Waals surface area contributed by atoms with Gasteiger partial charge in [-0.05, 0) is 25.8 Å². The van der Waals surface area contributed by atoms with Gasteiger partial charge in [0.1, 0.15) is 24.1 Å². The molecule has 4 heterocycles. The van der Waals surface area contributed by atoms with E-state index in [4.69, 9.17) is 9.88 Å². The number of ether oxygens (including phenoxy) is 1. The molecule has 0 bridgehead atoms. The Morgan fingerprint density at radius 3 is 2.88 bits per heavy atom. The quantitative estimate of drug-likeness (QED) is 0.325. The van der Waals surface area contributed by atoms with E-state index in [1.54, 1.807) is 13.0 Å². The minimum Gasteiger partial charge on any atom is -0.393 e. The Labute approximate surface area is 230 Å². The molecule has 216 valence electrons. The standard InChI is InChI=1S/C23H25F3N6O6S2/c1-11-14(20-22-31-18(23(24,25)26)8-32(22)2-3-37-20)6-17(39-11)19(34)15-7-28-10-29-21(15)30-13-4-12(16(33)5-13)9-38-40(27,35)36/h6-8,10,12-13,16,20,33H,2-5,9H2,1H3,(H2,27,35,36)(H,28,29,30)/t12-,13-,16+,20-/m1/s1. The SMILES string of the molecule is Cc1sc(C(=O)c2cncnc2N[C@@H]2C[C@H](COS(N)(=O)=O)[C@@H](O)C2)cc1[C@H]1OCCn2cc(C(F)(F)F)nc21. The fourth-order valence-electron chi connectivity index (χ4n) is 4.91. The van der Waals surface area contributed by atoms with E-state index in [1.807, 2.05) is 0 Å². The van der Waals surface area contributed by atoms with Crippen molar-refractivity contribution in [1.29, 1.82) is 0 Å². The molecule has 1 aliphatic heterocycles. The van der Waals surface area contributed by atoms with Gasteiger partial charge in [-0.1, -0.05) is 0 Å². The molecule has 0 aromatic carbocycles. The number of nitrogens with zero attached hydrogens (tertiary/aromatic N) is 4. The number of halogens is 3. The molecule has 12 nitrogen and oxygen atoms in total. The van der Waals surface area contributed by atoms with Gasteiger partial charge in [0.05, 0.1) is 29.8 Å². The number of imidazole rings is 1. The third-order valence-electron chi connectivity index (χ3n) is 6.81. The summed E-state index contributed by atoms with van der Waals surface area (Å²) in [7, 11) is -4.15. The second-order valence-electron chi connectivity index (χ2n) is 9.58. The number of nitrogens with two attached hydrogens (primary N) is 1. The summed E-state index contributed by atoms with van der Waals surface area (Å²) in [5.74, 6) is -0.577. The first-order valence-electron chi connectivity index (χ1n) is 12.1. The normalized spacial score (nSPS) is 23.2. The second-order valence-corrected chi connectivity index (χ2v) is 12.1. The Morgan fingerprint density at radius 1 is 1.38 bits per heavy atom. The number of carbonyl (C=O) groups excluding carboxylic acids is 1. The first-order valence-corrected chi connectivity index (χ1v) is 14.4. The molecule has 0 radical (unpaired) electrons. The lowest BCUT2D eigenvalue weighted by Crippen LogP contribution is -2.24. The highest BCUT2D eigenvalue weighted by atomic mass is 32.2. The number of nitrogens with one attached hydrogen (secondary N) is 1. The first-order chi connectivity index (χ1) is 18.8. The van der Waals surface area contributed by atoms with Crippen molar-refractivity contribution in [3.63, 3.8) is 0 Å². The molecule has 0 amide bonds. The van der Waals surface area contributed by atoms with Gasteiger partial charge in [-0.25, -0.2) is 20.1 Å². The number of hydrogen-bond donors (Lipinski definition) is 3. The highest BCUT2D eigenvalue weighted by molar-refractivity contribution is 7.84. The Morgan fingerprint density at radius 2 is 2.15 bits per heavy atom. The van der Waals surface area contributed by atoms with Crippen molar-refractivity contribution in [2.75, 3.05) is 18.5 Å². The monoisotopic (exact) mass is 602 g/mol. The van der Waals surface area contributed by atoms with Crippen molar-refractivity contribution in [3.05, 3.63) is 57.2 Å². The number of aryl methyl sites for hydroxylation is 1. The van der Waals surface area contributed by atoms with Crippen molar-refractivity contribution in [3.8, 4) is 0 Å². The average molecular weight is 603 g/mol. The third-order valence-corrected chi connectivity index (χ3v) is 8.34. The predicted molar refractivity (Wildman–Crippen MR) is 135 cm³/mol. The van der Waals surface area contributed by atoms with Crippen LogP contribution >= 0.6 is 11.3 Å². The molecule has 4 atom stereocenters.